The van der Waals surface area contributed by atoms with Crippen LogP contribution >= 0.6 is 23.5 Å². The Bertz CT molecular complexity index is 814. The highest BCUT2D eigenvalue weighted by Gasteiger charge is 2.63. The molecule has 2 aliphatic rings. The van der Waals surface area contributed by atoms with Crippen molar-refractivity contribution in [1.29, 1.82) is 0 Å². The number of fused-ring (bicyclic) bond motifs is 1. The SMILES string of the molecule is C[C@H](O[Si](C)(C)C(C)(C)C)[C@@H]1C(=O)N2CC(CSc3nnnn3C)(C(=O)O)S[C@H]12. The Morgan fingerprint density at radius 3 is 2.66 bits per heavy atom. The molecule has 1 unspecified atom stereocenters. The van der Waals surface area contributed by atoms with E-state index in [1.165, 1.54) is 28.2 Å². The van der Waals surface area contributed by atoms with E-state index in [0.717, 1.165) is 0 Å². The number of aryl methyl sites for hydroxylation is 1. The van der Waals surface area contributed by atoms with Crippen LogP contribution in [0.4, 0.5) is 0 Å². The van der Waals surface area contributed by atoms with Gasteiger partial charge in [-0.1, -0.05) is 32.5 Å². The summed E-state index contributed by atoms with van der Waals surface area (Å²) in [7, 11) is -0.315. The van der Waals surface area contributed by atoms with Crippen LogP contribution in [0.25, 0.3) is 0 Å². The lowest BCUT2D eigenvalue weighted by Gasteiger charge is -2.47. The predicted octanol–water partition coefficient (Wildman–Crippen LogP) is 2.07. The standard InChI is InChI=1S/C17H29N5O4S2Si/c1-10(26-29(6,7)16(2,3)4)11-12(23)22-8-17(14(24)25,28-13(11)22)9-27-15-18-19-20-21(15)5/h10-11,13H,8-9H2,1-7H3,(H,24,25)/t10-,11+,13+,17?/m0/s1. The third kappa shape index (κ3) is 3.96. The fourth-order valence-electron chi connectivity index (χ4n) is 3.33. The second-order valence-electron chi connectivity index (χ2n) is 9.26. The van der Waals surface area contributed by atoms with Crippen LogP contribution in [0.15, 0.2) is 5.16 Å². The van der Waals surface area contributed by atoms with Crippen LogP contribution in [0.1, 0.15) is 27.7 Å². The number of carboxylic acids is 1. The van der Waals surface area contributed by atoms with E-state index < -0.39 is 19.0 Å². The molecular weight excluding hydrogens is 430 g/mol. The second-order valence-corrected chi connectivity index (χ2v) is 16.5. The highest BCUT2D eigenvalue weighted by Crippen LogP contribution is 2.53. The Hall–Kier alpha value is -1.11. The van der Waals surface area contributed by atoms with Gasteiger partial charge in [-0.25, -0.2) is 4.68 Å². The van der Waals surface area contributed by atoms with E-state index in [2.05, 4.69) is 49.4 Å². The van der Waals surface area contributed by atoms with Gasteiger partial charge >= 0.3 is 5.97 Å². The Morgan fingerprint density at radius 2 is 2.14 bits per heavy atom. The summed E-state index contributed by atoms with van der Waals surface area (Å²) in [6.07, 6.45) is -0.239. The Kier molecular flexibility index (Phi) is 5.87. The summed E-state index contributed by atoms with van der Waals surface area (Å²) in [6, 6.07) is 0. The van der Waals surface area contributed by atoms with E-state index in [9.17, 15) is 14.7 Å². The number of tetrazole rings is 1. The van der Waals surface area contributed by atoms with Gasteiger partial charge in [0, 0.05) is 19.3 Å². The average molecular weight is 460 g/mol. The van der Waals surface area contributed by atoms with Crippen molar-refractivity contribution in [2.45, 2.75) is 67.2 Å². The van der Waals surface area contributed by atoms with Gasteiger partial charge in [-0.2, -0.15) is 0 Å². The lowest BCUT2D eigenvalue weighted by Crippen LogP contribution is -2.62. The average Bonchev–Trinajstić information content (AvgIpc) is 3.14. The van der Waals surface area contributed by atoms with Crippen molar-refractivity contribution in [3.63, 3.8) is 0 Å². The normalized spacial score (nSPS) is 28.2. The number of carbonyl (C=O) groups is 2. The van der Waals surface area contributed by atoms with E-state index in [1.807, 2.05) is 6.92 Å². The van der Waals surface area contributed by atoms with E-state index in [4.69, 9.17) is 4.43 Å². The minimum Gasteiger partial charge on any atom is -0.480 e. The Balaban J connectivity index is 1.72. The van der Waals surface area contributed by atoms with Gasteiger partial charge in [0.05, 0.1) is 17.4 Å². The zero-order valence-electron chi connectivity index (χ0n) is 17.9. The summed E-state index contributed by atoms with van der Waals surface area (Å²) in [5, 5.41) is 21.7. The first-order valence-corrected chi connectivity index (χ1v) is 14.3. The van der Waals surface area contributed by atoms with Gasteiger partial charge in [0.25, 0.3) is 0 Å². The van der Waals surface area contributed by atoms with Crippen molar-refractivity contribution in [2.24, 2.45) is 13.0 Å². The number of rotatable bonds is 7. The summed E-state index contributed by atoms with van der Waals surface area (Å²) in [4.78, 5) is 26.7. The molecule has 0 aliphatic carbocycles. The molecule has 3 rings (SSSR count). The van der Waals surface area contributed by atoms with Gasteiger partial charge in [0.15, 0.2) is 8.32 Å². The lowest BCUT2D eigenvalue weighted by molar-refractivity contribution is -0.155. The molecule has 4 atom stereocenters. The monoisotopic (exact) mass is 459 g/mol. The number of thioether (sulfide) groups is 2. The zero-order valence-corrected chi connectivity index (χ0v) is 20.5. The molecule has 1 amide bonds. The first-order valence-electron chi connectivity index (χ1n) is 9.54. The Morgan fingerprint density at radius 1 is 1.48 bits per heavy atom. The van der Waals surface area contributed by atoms with Crippen molar-refractivity contribution in [1.82, 2.24) is 25.1 Å². The quantitative estimate of drug-likeness (QED) is 0.372. The lowest BCUT2D eigenvalue weighted by atomic mass is 9.92. The highest BCUT2D eigenvalue weighted by atomic mass is 32.2. The summed E-state index contributed by atoms with van der Waals surface area (Å²) < 4.78 is 6.87. The molecule has 0 spiro atoms. The summed E-state index contributed by atoms with van der Waals surface area (Å²) >= 11 is 2.66. The molecule has 29 heavy (non-hydrogen) atoms. The molecule has 0 radical (unpaired) electrons. The van der Waals surface area contributed by atoms with Crippen molar-refractivity contribution in [2.75, 3.05) is 12.3 Å². The maximum Gasteiger partial charge on any atom is 0.322 e. The summed E-state index contributed by atoms with van der Waals surface area (Å²) in [5.41, 5.74) is 0. The molecule has 0 aromatic carbocycles. The molecule has 2 fully saturated rings. The van der Waals surface area contributed by atoms with Gasteiger partial charge in [-0.3, -0.25) is 9.59 Å². The van der Waals surface area contributed by atoms with Crippen LogP contribution in [0.3, 0.4) is 0 Å². The van der Waals surface area contributed by atoms with Crippen molar-refractivity contribution >= 4 is 43.7 Å². The van der Waals surface area contributed by atoms with Crippen molar-refractivity contribution in [3.05, 3.63) is 0 Å². The van der Waals surface area contributed by atoms with Crippen LogP contribution in [0, 0.1) is 5.92 Å². The highest BCUT2D eigenvalue weighted by molar-refractivity contribution is 8.05. The van der Waals surface area contributed by atoms with E-state index >= 15 is 0 Å². The molecule has 1 aromatic heterocycles. The number of β-lactam (4-membered cyclic amide) rings is 1. The minimum atomic E-state index is -2.03. The number of aliphatic carboxylic acids is 1. The molecule has 12 heteroatoms. The van der Waals surface area contributed by atoms with Crippen LogP contribution < -0.4 is 0 Å². The fraction of sp³-hybridized carbons (Fsp3) is 0.824. The maximum atomic E-state index is 12.8. The molecule has 3 heterocycles. The third-order valence-electron chi connectivity index (χ3n) is 6.15. The Labute approximate surface area is 180 Å². The predicted molar refractivity (Wildman–Crippen MR) is 114 cm³/mol. The number of carboxylic acid groups (broad SMARTS) is 1. The molecule has 1 aromatic rings. The molecule has 2 aliphatic heterocycles. The molecule has 162 valence electrons. The number of aromatic nitrogens is 4. The van der Waals surface area contributed by atoms with Crippen LogP contribution in [0.2, 0.25) is 18.1 Å². The second kappa shape index (κ2) is 7.54. The van der Waals surface area contributed by atoms with Gasteiger partial charge in [-0.15, -0.1) is 16.9 Å². The van der Waals surface area contributed by atoms with E-state index in [0.29, 0.717) is 5.16 Å². The topological polar surface area (TPSA) is 110 Å². The largest absolute Gasteiger partial charge is 0.480 e. The van der Waals surface area contributed by atoms with E-state index in [1.54, 1.807) is 11.9 Å². The summed E-state index contributed by atoms with van der Waals surface area (Å²) in [5.74, 6) is -0.950. The molecule has 0 bridgehead atoms. The smallest absolute Gasteiger partial charge is 0.322 e. The molecule has 9 nitrogen and oxygen atoms in total. The number of amides is 1. The number of carbonyl (C=O) groups excluding carboxylic acids is 1. The van der Waals surface area contributed by atoms with Crippen LogP contribution in [0.5, 0.6) is 0 Å². The van der Waals surface area contributed by atoms with Crippen LogP contribution in [-0.2, 0) is 21.1 Å². The molecule has 1 N–H and O–H groups in total. The number of hydrogen-bond acceptors (Lipinski definition) is 8. The molecule has 0 saturated carbocycles. The first-order chi connectivity index (χ1) is 13.3. The summed E-state index contributed by atoms with van der Waals surface area (Å²) in [6.45, 7) is 13.0. The van der Waals surface area contributed by atoms with Gasteiger partial charge in [0.2, 0.25) is 11.1 Å². The maximum absolute atomic E-state index is 12.8. The molecular formula is C17H29N5O4S2Si. The van der Waals surface area contributed by atoms with Crippen LogP contribution in [-0.4, -0.2) is 78.9 Å². The number of hydrogen-bond donors (Lipinski definition) is 1. The van der Waals surface area contributed by atoms with Gasteiger partial charge < -0.3 is 14.4 Å². The van der Waals surface area contributed by atoms with Crippen molar-refractivity contribution in [3.8, 4) is 0 Å². The fourth-order valence-corrected chi connectivity index (χ4v) is 7.67. The van der Waals surface area contributed by atoms with Crippen molar-refractivity contribution < 1.29 is 19.1 Å². The number of nitrogens with zero attached hydrogens (tertiary/aromatic N) is 5. The minimum absolute atomic E-state index is 0.0119. The zero-order chi connectivity index (χ0) is 21.8. The van der Waals surface area contributed by atoms with Gasteiger partial charge in [-0.05, 0) is 35.5 Å². The molecule has 2 saturated heterocycles. The van der Waals surface area contributed by atoms with E-state index in [-0.39, 0.29) is 40.6 Å². The third-order valence-corrected chi connectivity index (χ3v) is 13.8. The first kappa shape index (κ1) is 22.6. The van der Waals surface area contributed by atoms with Gasteiger partial charge in [0.1, 0.15) is 4.75 Å².